The van der Waals surface area contributed by atoms with E-state index in [-0.39, 0.29) is 11.9 Å². The molecule has 0 amide bonds. The van der Waals surface area contributed by atoms with Crippen molar-refractivity contribution in [2.24, 2.45) is 5.92 Å². The average molecular weight is 349 g/mol. The van der Waals surface area contributed by atoms with Crippen LogP contribution in [0.2, 0.25) is 0 Å². The summed E-state index contributed by atoms with van der Waals surface area (Å²) in [6.07, 6.45) is 4.62. The topological polar surface area (TPSA) is 35.2 Å². The summed E-state index contributed by atoms with van der Waals surface area (Å²) in [4.78, 5) is 0. The van der Waals surface area contributed by atoms with Crippen LogP contribution in [0.1, 0.15) is 32.6 Å². The number of anilines is 1. The molecule has 0 bridgehead atoms. The molecule has 1 aromatic carbocycles. The van der Waals surface area contributed by atoms with E-state index in [2.05, 4.69) is 6.92 Å². The largest absolute Gasteiger partial charge is 0.488 e. The van der Waals surface area contributed by atoms with Crippen LogP contribution in [-0.4, -0.2) is 6.10 Å². The first kappa shape index (κ1) is 12.9. The summed E-state index contributed by atoms with van der Waals surface area (Å²) in [6, 6.07) is 3.02. The highest BCUT2D eigenvalue weighted by molar-refractivity contribution is 14.1. The molecule has 0 aliphatic heterocycles. The first-order chi connectivity index (χ1) is 8.06. The van der Waals surface area contributed by atoms with Crippen LogP contribution in [-0.2, 0) is 0 Å². The molecular weight excluding hydrogens is 332 g/mol. The molecule has 2 rings (SSSR count). The Morgan fingerprint density at radius 1 is 1.29 bits per heavy atom. The van der Waals surface area contributed by atoms with Crippen molar-refractivity contribution in [3.63, 3.8) is 0 Å². The Morgan fingerprint density at radius 2 is 1.94 bits per heavy atom. The molecule has 1 saturated carbocycles. The summed E-state index contributed by atoms with van der Waals surface area (Å²) < 4.78 is 19.8. The van der Waals surface area contributed by atoms with Gasteiger partial charge >= 0.3 is 0 Å². The molecule has 17 heavy (non-hydrogen) atoms. The van der Waals surface area contributed by atoms with Crippen molar-refractivity contribution < 1.29 is 9.13 Å². The van der Waals surface area contributed by atoms with Gasteiger partial charge in [-0.1, -0.05) is 6.92 Å². The van der Waals surface area contributed by atoms with Crippen LogP contribution in [0.25, 0.3) is 0 Å². The Kier molecular flexibility index (Phi) is 4.12. The summed E-state index contributed by atoms with van der Waals surface area (Å²) in [5, 5.41) is 0. The fourth-order valence-electron chi connectivity index (χ4n) is 2.17. The number of nitrogen functional groups attached to an aromatic ring is 1. The lowest BCUT2D eigenvalue weighted by Gasteiger charge is -2.27. The molecule has 0 heterocycles. The Bertz CT molecular complexity index is 403. The average Bonchev–Trinajstić information content (AvgIpc) is 2.29. The molecule has 1 aliphatic rings. The van der Waals surface area contributed by atoms with Crippen molar-refractivity contribution in [3.05, 3.63) is 21.5 Å². The normalized spacial score (nSPS) is 24.6. The highest BCUT2D eigenvalue weighted by Gasteiger charge is 2.20. The van der Waals surface area contributed by atoms with Crippen molar-refractivity contribution in [1.29, 1.82) is 0 Å². The van der Waals surface area contributed by atoms with Gasteiger partial charge in [-0.05, 0) is 60.3 Å². The summed E-state index contributed by atoms with van der Waals surface area (Å²) in [6.45, 7) is 2.26. The van der Waals surface area contributed by atoms with E-state index in [1.165, 1.54) is 18.9 Å². The lowest BCUT2D eigenvalue weighted by atomic mass is 9.89. The Labute approximate surface area is 115 Å². The second-order valence-electron chi connectivity index (χ2n) is 4.80. The van der Waals surface area contributed by atoms with E-state index in [0.717, 1.165) is 18.8 Å². The van der Waals surface area contributed by atoms with Gasteiger partial charge in [0, 0.05) is 6.07 Å². The molecule has 1 aliphatic carbocycles. The predicted octanol–water partition coefficient (Wildman–Crippen LogP) is 3.97. The third-order valence-electron chi connectivity index (χ3n) is 3.31. The molecule has 0 atom stereocenters. The van der Waals surface area contributed by atoms with Crippen molar-refractivity contribution in [1.82, 2.24) is 0 Å². The van der Waals surface area contributed by atoms with Crippen LogP contribution in [0.15, 0.2) is 12.1 Å². The summed E-state index contributed by atoms with van der Waals surface area (Å²) in [5.41, 5.74) is 6.36. The lowest BCUT2D eigenvalue weighted by Crippen LogP contribution is -2.23. The van der Waals surface area contributed by atoms with Crippen LogP contribution in [0.5, 0.6) is 5.75 Å². The maximum Gasteiger partial charge on any atom is 0.145 e. The van der Waals surface area contributed by atoms with Crippen LogP contribution in [0.3, 0.4) is 0 Å². The molecule has 0 spiro atoms. The maximum atomic E-state index is 13.4. The van der Waals surface area contributed by atoms with Gasteiger partial charge in [-0.25, -0.2) is 4.39 Å². The highest BCUT2D eigenvalue weighted by atomic mass is 127. The first-order valence-electron chi connectivity index (χ1n) is 5.97. The Balaban J connectivity index is 2.06. The summed E-state index contributed by atoms with van der Waals surface area (Å²) >= 11 is 1.93. The van der Waals surface area contributed by atoms with Crippen molar-refractivity contribution in [3.8, 4) is 5.75 Å². The number of ether oxygens (including phenoxy) is 1. The van der Waals surface area contributed by atoms with E-state index in [0.29, 0.717) is 15.0 Å². The van der Waals surface area contributed by atoms with Crippen molar-refractivity contribution >= 4 is 28.3 Å². The van der Waals surface area contributed by atoms with Gasteiger partial charge in [0.05, 0.1) is 15.4 Å². The third kappa shape index (κ3) is 3.24. The summed E-state index contributed by atoms with van der Waals surface area (Å²) in [7, 11) is 0. The predicted molar refractivity (Wildman–Crippen MR) is 75.6 cm³/mol. The zero-order valence-electron chi connectivity index (χ0n) is 9.88. The zero-order valence-corrected chi connectivity index (χ0v) is 12.0. The molecule has 0 saturated heterocycles. The van der Waals surface area contributed by atoms with E-state index in [1.807, 2.05) is 22.6 Å². The van der Waals surface area contributed by atoms with Crippen molar-refractivity contribution in [2.45, 2.75) is 38.7 Å². The first-order valence-corrected chi connectivity index (χ1v) is 7.05. The maximum absolute atomic E-state index is 13.4. The van der Waals surface area contributed by atoms with Gasteiger partial charge in [0.1, 0.15) is 11.6 Å². The summed E-state index contributed by atoms with van der Waals surface area (Å²) in [5.74, 6) is 1.00. The van der Waals surface area contributed by atoms with Gasteiger partial charge in [0.15, 0.2) is 0 Å². The molecule has 1 aromatic rings. The van der Waals surface area contributed by atoms with Gasteiger partial charge in [0.25, 0.3) is 0 Å². The number of rotatable bonds is 2. The Hall–Kier alpha value is -0.520. The molecule has 0 unspecified atom stereocenters. The third-order valence-corrected chi connectivity index (χ3v) is 4.14. The minimum absolute atomic E-state index is 0.188. The molecule has 4 heteroatoms. The molecule has 2 N–H and O–H groups in total. The van der Waals surface area contributed by atoms with Gasteiger partial charge in [0.2, 0.25) is 0 Å². The van der Waals surface area contributed by atoms with Gasteiger partial charge < -0.3 is 10.5 Å². The van der Waals surface area contributed by atoms with Crippen molar-refractivity contribution in [2.75, 3.05) is 5.73 Å². The van der Waals surface area contributed by atoms with Crippen LogP contribution < -0.4 is 10.5 Å². The number of nitrogens with two attached hydrogens (primary N) is 1. The molecule has 2 nitrogen and oxygen atoms in total. The number of halogens is 2. The minimum Gasteiger partial charge on any atom is -0.488 e. The van der Waals surface area contributed by atoms with E-state index in [1.54, 1.807) is 6.07 Å². The van der Waals surface area contributed by atoms with E-state index in [9.17, 15) is 4.39 Å². The fourth-order valence-corrected chi connectivity index (χ4v) is 2.66. The van der Waals surface area contributed by atoms with Gasteiger partial charge in [-0.2, -0.15) is 0 Å². The second kappa shape index (κ2) is 5.42. The Morgan fingerprint density at radius 3 is 2.59 bits per heavy atom. The molecule has 94 valence electrons. The smallest absolute Gasteiger partial charge is 0.145 e. The van der Waals surface area contributed by atoms with Crippen LogP contribution in [0.4, 0.5) is 10.1 Å². The standard InChI is InChI=1S/C13H17FINO/c1-8-2-4-9(5-3-8)17-13-6-10(14)11(15)7-12(13)16/h6-9H,2-5,16H2,1H3. The molecular formula is C13H17FINO. The van der Waals surface area contributed by atoms with E-state index >= 15 is 0 Å². The number of benzene rings is 1. The van der Waals surface area contributed by atoms with Crippen LogP contribution in [0, 0.1) is 15.3 Å². The fraction of sp³-hybridized carbons (Fsp3) is 0.538. The van der Waals surface area contributed by atoms with Gasteiger partial charge in [-0.3, -0.25) is 0 Å². The minimum atomic E-state index is -0.265. The monoisotopic (exact) mass is 349 g/mol. The highest BCUT2D eigenvalue weighted by Crippen LogP contribution is 2.31. The second-order valence-corrected chi connectivity index (χ2v) is 5.97. The van der Waals surface area contributed by atoms with Gasteiger partial charge in [-0.15, -0.1) is 0 Å². The van der Waals surface area contributed by atoms with Crippen LogP contribution >= 0.6 is 22.6 Å². The zero-order chi connectivity index (χ0) is 12.4. The number of hydrogen-bond donors (Lipinski definition) is 1. The molecule has 0 radical (unpaired) electrons. The molecule has 0 aromatic heterocycles. The molecule has 1 fully saturated rings. The number of hydrogen-bond acceptors (Lipinski definition) is 2. The SMILES string of the molecule is CC1CCC(Oc2cc(F)c(I)cc2N)CC1. The quantitative estimate of drug-likeness (QED) is 0.648. The lowest BCUT2D eigenvalue weighted by molar-refractivity contribution is 0.136. The van der Waals surface area contributed by atoms with E-state index < -0.39 is 0 Å². The van der Waals surface area contributed by atoms with E-state index in [4.69, 9.17) is 10.5 Å².